The standard InChI is InChI=1S/C29H32Cl2N4O2S/c1-6-34(23-15-33(16-23)18(4)36)27(37)25-24(17(2)3)35-26(19-7-11-21(30)12-8-19)29(5,32-28(35)38-25)20-9-13-22(31)14-10-20/h7-14,17,23,26H,6,15-16H2,1-5H3/t26-,29+/m1/s1. The van der Waals surface area contributed by atoms with Gasteiger partial charge in [-0.1, -0.05) is 61.3 Å². The van der Waals surface area contributed by atoms with Crippen LogP contribution in [0.15, 0.2) is 64.1 Å². The van der Waals surface area contributed by atoms with E-state index in [1.54, 1.807) is 11.8 Å². The molecular formula is C29H32Cl2N4O2S. The molecule has 38 heavy (non-hydrogen) atoms. The monoisotopic (exact) mass is 570 g/mol. The third-order valence-electron chi connectivity index (χ3n) is 7.72. The Labute approximate surface area is 238 Å². The molecule has 3 aliphatic rings. The third kappa shape index (κ3) is 4.52. The number of likely N-dealkylation sites (tertiary alicyclic amines) is 1. The van der Waals surface area contributed by atoms with Crippen molar-refractivity contribution in [2.24, 2.45) is 10.9 Å². The maximum atomic E-state index is 14.0. The number of halogens is 2. The van der Waals surface area contributed by atoms with Crippen molar-refractivity contribution < 1.29 is 9.59 Å². The second kappa shape index (κ2) is 10.2. The van der Waals surface area contributed by atoms with Crippen LogP contribution in [-0.4, -0.2) is 57.4 Å². The molecule has 0 aromatic heterocycles. The van der Waals surface area contributed by atoms with E-state index in [1.807, 2.05) is 60.4 Å². The quantitative estimate of drug-likeness (QED) is 0.408. The van der Waals surface area contributed by atoms with Crippen LogP contribution in [0.3, 0.4) is 0 Å². The van der Waals surface area contributed by atoms with Crippen molar-refractivity contribution in [3.8, 4) is 0 Å². The molecule has 2 aromatic rings. The predicted molar refractivity (Wildman–Crippen MR) is 155 cm³/mol. The number of amidine groups is 1. The van der Waals surface area contributed by atoms with Crippen LogP contribution < -0.4 is 0 Å². The third-order valence-corrected chi connectivity index (χ3v) is 9.28. The lowest BCUT2D eigenvalue weighted by Crippen LogP contribution is -2.62. The number of carbonyl (C=O) groups is 2. The van der Waals surface area contributed by atoms with Crippen LogP contribution in [0.1, 0.15) is 51.8 Å². The van der Waals surface area contributed by atoms with Crippen LogP contribution in [0.25, 0.3) is 0 Å². The van der Waals surface area contributed by atoms with Crippen molar-refractivity contribution in [1.29, 1.82) is 0 Å². The van der Waals surface area contributed by atoms with E-state index in [2.05, 4.69) is 25.7 Å². The molecule has 3 aliphatic heterocycles. The molecule has 3 heterocycles. The summed E-state index contributed by atoms with van der Waals surface area (Å²) in [5.74, 6) is 0.143. The van der Waals surface area contributed by atoms with E-state index < -0.39 is 5.54 Å². The molecule has 9 heteroatoms. The fourth-order valence-electron chi connectivity index (χ4n) is 5.67. The molecular weight excluding hydrogens is 539 g/mol. The Bertz CT molecular complexity index is 1320. The molecule has 200 valence electrons. The van der Waals surface area contributed by atoms with Gasteiger partial charge in [-0.3, -0.25) is 9.59 Å². The summed E-state index contributed by atoms with van der Waals surface area (Å²) in [6.45, 7) is 11.7. The summed E-state index contributed by atoms with van der Waals surface area (Å²) in [6.07, 6.45) is 0. The molecule has 0 saturated carbocycles. The zero-order valence-corrected chi connectivity index (χ0v) is 24.6. The maximum Gasteiger partial charge on any atom is 0.262 e. The number of nitrogens with zero attached hydrogens (tertiary/aromatic N) is 4. The minimum absolute atomic E-state index is 0.00885. The van der Waals surface area contributed by atoms with Gasteiger partial charge in [-0.15, -0.1) is 0 Å². The summed E-state index contributed by atoms with van der Waals surface area (Å²) in [6, 6.07) is 15.6. The van der Waals surface area contributed by atoms with Gasteiger partial charge in [0, 0.05) is 42.3 Å². The highest BCUT2D eigenvalue weighted by atomic mass is 35.5. The highest BCUT2D eigenvalue weighted by Crippen LogP contribution is 2.56. The Morgan fingerprint density at radius 3 is 2.18 bits per heavy atom. The molecule has 0 unspecified atom stereocenters. The van der Waals surface area contributed by atoms with Crippen LogP contribution in [-0.2, 0) is 15.1 Å². The van der Waals surface area contributed by atoms with Crippen LogP contribution >= 0.6 is 35.0 Å². The second-order valence-corrected chi connectivity index (χ2v) is 12.4. The average molecular weight is 572 g/mol. The Hall–Kier alpha value is -2.48. The Morgan fingerprint density at radius 2 is 1.66 bits per heavy atom. The summed E-state index contributed by atoms with van der Waals surface area (Å²) in [5, 5.41) is 2.17. The number of amides is 2. The number of fused-ring (bicyclic) bond motifs is 1. The number of likely N-dealkylation sites (N-methyl/N-ethyl adjacent to an activating group) is 1. The van der Waals surface area contributed by atoms with Gasteiger partial charge in [0.25, 0.3) is 5.91 Å². The van der Waals surface area contributed by atoms with Gasteiger partial charge >= 0.3 is 0 Å². The summed E-state index contributed by atoms with van der Waals surface area (Å²) in [5.41, 5.74) is 2.50. The minimum atomic E-state index is -0.601. The lowest BCUT2D eigenvalue weighted by molar-refractivity contribution is -0.142. The summed E-state index contributed by atoms with van der Waals surface area (Å²) in [4.78, 5) is 37.7. The van der Waals surface area contributed by atoms with Gasteiger partial charge in [-0.25, -0.2) is 4.99 Å². The highest BCUT2D eigenvalue weighted by molar-refractivity contribution is 8.18. The molecule has 0 aliphatic carbocycles. The number of carbonyl (C=O) groups excluding carboxylic acids is 2. The summed E-state index contributed by atoms with van der Waals surface area (Å²) >= 11 is 13.9. The number of aliphatic imine (C=N–C) groups is 1. The van der Waals surface area contributed by atoms with E-state index in [4.69, 9.17) is 28.2 Å². The van der Waals surface area contributed by atoms with Crippen molar-refractivity contribution in [1.82, 2.24) is 14.7 Å². The Balaban J connectivity index is 1.57. The van der Waals surface area contributed by atoms with Crippen molar-refractivity contribution in [3.05, 3.63) is 80.3 Å². The molecule has 5 rings (SSSR count). The van der Waals surface area contributed by atoms with Crippen LogP contribution in [0.2, 0.25) is 10.0 Å². The fraction of sp³-hybridized carbons (Fsp3) is 0.414. The van der Waals surface area contributed by atoms with Crippen LogP contribution in [0.5, 0.6) is 0 Å². The molecule has 2 atom stereocenters. The van der Waals surface area contributed by atoms with Crippen molar-refractivity contribution in [2.45, 2.75) is 52.2 Å². The van der Waals surface area contributed by atoms with Gasteiger partial charge in [-0.05, 0) is 66.9 Å². The molecule has 0 radical (unpaired) electrons. The van der Waals surface area contributed by atoms with E-state index >= 15 is 0 Å². The van der Waals surface area contributed by atoms with Crippen molar-refractivity contribution >= 4 is 51.9 Å². The lowest BCUT2D eigenvalue weighted by Gasteiger charge is -2.45. The largest absolute Gasteiger partial charge is 0.339 e. The molecule has 1 fully saturated rings. The number of hydrogen-bond donors (Lipinski definition) is 0. The molecule has 1 saturated heterocycles. The number of rotatable bonds is 6. The first-order valence-electron chi connectivity index (χ1n) is 12.9. The zero-order valence-electron chi connectivity index (χ0n) is 22.2. The summed E-state index contributed by atoms with van der Waals surface area (Å²) < 4.78 is 0. The van der Waals surface area contributed by atoms with E-state index in [-0.39, 0.29) is 29.8 Å². The van der Waals surface area contributed by atoms with Crippen LogP contribution in [0.4, 0.5) is 0 Å². The van der Waals surface area contributed by atoms with Gasteiger partial charge < -0.3 is 14.7 Å². The number of allylic oxidation sites excluding steroid dienone is 1. The number of thioether (sulfide) groups is 1. The first-order valence-corrected chi connectivity index (χ1v) is 14.5. The molecule has 0 bridgehead atoms. The van der Waals surface area contributed by atoms with Crippen LogP contribution in [0, 0.1) is 5.92 Å². The Morgan fingerprint density at radius 1 is 1.08 bits per heavy atom. The van der Waals surface area contributed by atoms with E-state index in [1.165, 1.54) is 11.8 Å². The first kappa shape index (κ1) is 27.1. The average Bonchev–Trinajstić information content (AvgIpc) is 3.34. The van der Waals surface area contributed by atoms with Gasteiger partial charge in [0.15, 0.2) is 5.17 Å². The van der Waals surface area contributed by atoms with E-state index in [0.717, 1.165) is 26.9 Å². The van der Waals surface area contributed by atoms with Gasteiger partial charge in [0.1, 0.15) is 10.4 Å². The Kier molecular flexibility index (Phi) is 7.31. The lowest BCUT2D eigenvalue weighted by atomic mass is 9.81. The minimum Gasteiger partial charge on any atom is -0.339 e. The maximum absolute atomic E-state index is 14.0. The summed E-state index contributed by atoms with van der Waals surface area (Å²) in [7, 11) is 0. The number of hydrogen-bond acceptors (Lipinski definition) is 5. The first-order chi connectivity index (χ1) is 18.0. The normalized spacial score (nSPS) is 23.1. The molecule has 2 amide bonds. The number of benzene rings is 2. The van der Waals surface area contributed by atoms with Crippen molar-refractivity contribution in [3.63, 3.8) is 0 Å². The topological polar surface area (TPSA) is 56.2 Å². The second-order valence-electron chi connectivity index (χ2n) is 10.5. The van der Waals surface area contributed by atoms with Crippen molar-refractivity contribution in [2.75, 3.05) is 19.6 Å². The molecule has 0 N–H and O–H groups in total. The zero-order chi connectivity index (χ0) is 27.4. The van der Waals surface area contributed by atoms with Gasteiger partial charge in [0.2, 0.25) is 5.91 Å². The molecule has 0 spiro atoms. The van der Waals surface area contributed by atoms with Gasteiger partial charge in [0.05, 0.1) is 12.1 Å². The van der Waals surface area contributed by atoms with E-state index in [9.17, 15) is 9.59 Å². The highest BCUT2D eigenvalue weighted by Gasteiger charge is 2.53. The smallest absolute Gasteiger partial charge is 0.262 e. The molecule has 6 nitrogen and oxygen atoms in total. The molecule has 2 aromatic carbocycles. The predicted octanol–water partition coefficient (Wildman–Crippen LogP) is 6.32. The van der Waals surface area contributed by atoms with Gasteiger partial charge in [-0.2, -0.15) is 0 Å². The fourth-order valence-corrected chi connectivity index (χ4v) is 7.29. The van der Waals surface area contributed by atoms with E-state index in [0.29, 0.717) is 29.7 Å². The SMILES string of the molecule is CCN(C(=O)C1=C(C(C)C)N2C(=N[C@@](C)(c3ccc(Cl)cc3)[C@H]2c2ccc(Cl)cc2)S1)C1CN(C(C)=O)C1.